The van der Waals surface area contributed by atoms with Crippen molar-refractivity contribution in [1.29, 1.82) is 0 Å². The number of hydrogen-bond donors (Lipinski definition) is 1. The number of benzene rings is 1. The maximum atomic E-state index is 12.4. The minimum absolute atomic E-state index is 0.221. The largest absolute Gasteiger partial charge is 0.573 e. The molecule has 1 aliphatic rings. The molecule has 1 aromatic carbocycles. The van der Waals surface area contributed by atoms with E-state index in [9.17, 15) is 18.0 Å². The Bertz CT molecular complexity index is 686. The van der Waals surface area contributed by atoms with Gasteiger partial charge in [-0.2, -0.15) is 0 Å². The highest BCUT2D eigenvalue weighted by atomic mass is 19.4. The number of amides is 1. The maximum absolute atomic E-state index is 12.4. The van der Waals surface area contributed by atoms with E-state index in [4.69, 9.17) is 4.42 Å². The zero-order valence-corrected chi connectivity index (χ0v) is 11.8. The Morgan fingerprint density at radius 1 is 1.39 bits per heavy atom. The van der Waals surface area contributed by atoms with Crippen LogP contribution in [0.2, 0.25) is 0 Å². The number of ether oxygens (including phenoxy) is 1. The van der Waals surface area contributed by atoms with Gasteiger partial charge in [0.15, 0.2) is 6.39 Å². The second kappa shape index (κ2) is 5.94. The molecule has 1 fully saturated rings. The van der Waals surface area contributed by atoms with E-state index in [1.54, 1.807) is 12.1 Å². The SMILES string of the molecule is O=C(NCc1cocn1)[C@@H]1C[C@H]1c1ccccc1OC(F)(F)F. The zero-order valence-electron chi connectivity index (χ0n) is 11.8. The van der Waals surface area contributed by atoms with Crippen molar-refractivity contribution < 1.29 is 27.1 Å². The topological polar surface area (TPSA) is 64.4 Å². The quantitative estimate of drug-likeness (QED) is 0.917. The molecule has 1 aliphatic carbocycles. The standard InChI is InChI=1S/C15H13F3N2O3/c16-15(17,18)23-13-4-2-1-3-10(13)11-5-12(11)14(21)19-6-9-7-22-8-20-9/h1-4,7-8,11-12H,5-6H2,(H,19,21)/t11-,12+/m0/s1. The third kappa shape index (κ3) is 3.82. The van der Waals surface area contributed by atoms with E-state index >= 15 is 0 Å². The second-order valence-corrected chi connectivity index (χ2v) is 5.23. The van der Waals surface area contributed by atoms with Crippen LogP contribution in [-0.2, 0) is 11.3 Å². The van der Waals surface area contributed by atoms with E-state index in [1.165, 1.54) is 24.8 Å². The summed E-state index contributed by atoms with van der Waals surface area (Å²) in [6.45, 7) is 0.221. The summed E-state index contributed by atoms with van der Waals surface area (Å²) >= 11 is 0. The van der Waals surface area contributed by atoms with E-state index in [2.05, 4.69) is 15.0 Å². The lowest BCUT2D eigenvalue weighted by Crippen LogP contribution is -2.25. The molecule has 0 spiro atoms. The van der Waals surface area contributed by atoms with Crippen molar-refractivity contribution in [2.24, 2.45) is 5.92 Å². The average Bonchev–Trinajstić information content (AvgIpc) is 3.10. The lowest BCUT2D eigenvalue weighted by atomic mass is 10.1. The Hall–Kier alpha value is -2.51. The van der Waals surface area contributed by atoms with Crippen LogP contribution in [0.3, 0.4) is 0 Å². The highest BCUT2D eigenvalue weighted by Gasteiger charge is 2.46. The molecular weight excluding hydrogens is 313 g/mol. The average molecular weight is 326 g/mol. The Balaban J connectivity index is 1.62. The molecule has 1 N–H and O–H groups in total. The summed E-state index contributed by atoms with van der Waals surface area (Å²) in [5, 5.41) is 2.69. The van der Waals surface area contributed by atoms with Gasteiger partial charge in [0.25, 0.3) is 0 Å². The summed E-state index contributed by atoms with van der Waals surface area (Å²) in [5.41, 5.74) is 0.975. The summed E-state index contributed by atoms with van der Waals surface area (Å²) in [6.07, 6.45) is -1.60. The molecule has 3 rings (SSSR count). The Morgan fingerprint density at radius 2 is 2.17 bits per heavy atom. The van der Waals surface area contributed by atoms with Crippen molar-refractivity contribution in [1.82, 2.24) is 10.3 Å². The number of alkyl halides is 3. The van der Waals surface area contributed by atoms with Gasteiger partial charge in [0, 0.05) is 5.92 Å². The van der Waals surface area contributed by atoms with Gasteiger partial charge in [-0.15, -0.1) is 13.2 Å². The summed E-state index contributed by atoms with van der Waals surface area (Å²) in [4.78, 5) is 15.9. The van der Waals surface area contributed by atoms with Crippen molar-refractivity contribution in [3.05, 3.63) is 48.2 Å². The lowest BCUT2D eigenvalue weighted by molar-refractivity contribution is -0.274. The minimum atomic E-state index is -4.75. The number of oxazole rings is 1. The summed E-state index contributed by atoms with van der Waals surface area (Å²) < 4.78 is 46.1. The monoisotopic (exact) mass is 326 g/mol. The predicted molar refractivity (Wildman–Crippen MR) is 72.3 cm³/mol. The van der Waals surface area contributed by atoms with Crippen LogP contribution in [0.4, 0.5) is 13.2 Å². The molecule has 1 saturated carbocycles. The van der Waals surface area contributed by atoms with E-state index in [0.29, 0.717) is 17.7 Å². The number of nitrogens with zero attached hydrogens (tertiary/aromatic N) is 1. The molecule has 1 aromatic heterocycles. The molecule has 23 heavy (non-hydrogen) atoms. The highest BCUT2D eigenvalue weighted by Crippen LogP contribution is 2.51. The summed E-state index contributed by atoms with van der Waals surface area (Å²) in [5.74, 6) is -1.11. The first-order valence-corrected chi connectivity index (χ1v) is 6.93. The number of carbonyl (C=O) groups excluding carboxylic acids is 1. The molecule has 2 aromatic rings. The maximum Gasteiger partial charge on any atom is 0.573 e. The molecule has 8 heteroatoms. The van der Waals surface area contributed by atoms with Crippen LogP contribution in [0.1, 0.15) is 23.6 Å². The van der Waals surface area contributed by atoms with Gasteiger partial charge in [-0.25, -0.2) is 4.98 Å². The third-order valence-electron chi connectivity index (χ3n) is 3.60. The van der Waals surface area contributed by atoms with Gasteiger partial charge in [0.2, 0.25) is 5.91 Å². The first kappa shape index (κ1) is 15.4. The first-order valence-electron chi connectivity index (χ1n) is 6.93. The molecule has 1 heterocycles. The van der Waals surface area contributed by atoms with Gasteiger partial charge >= 0.3 is 6.36 Å². The van der Waals surface area contributed by atoms with Crippen LogP contribution in [-0.4, -0.2) is 17.3 Å². The van der Waals surface area contributed by atoms with Crippen LogP contribution in [0.15, 0.2) is 41.3 Å². The number of halogens is 3. The van der Waals surface area contributed by atoms with Gasteiger partial charge in [-0.3, -0.25) is 4.79 Å². The third-order valence-corrected chi connectivity index (χ3v) is 3.60. The fourth-order valence-electron chi connectivity index (χ4n) is 2.47. The summed E-state index contributed by atoms with van der Waals surface area (Å²) in [6, 6.07) is 5.90. The van der Waals surface area contributed by atoms with Crippen LogP contribution in [0, 0.1) is 5.92 Å². The summed E-state index contributed by atoms with van der Waals surface area (Å²) in [7, 11) is 0. The van der Waals surface area contributed by atoms with Gasteiger partial charge in [0.05, 0.1) is 12.2 Å². The molecule has 1 amide bonds. The smallest absolute Gasteiger partial charge is 0.451 e. The molecule has 0 radical (unpaired) electrons. The number of aromatic nitrogens is 1. The van der Waals surface area contributed by atoms with Gasteiger partial charge in [0.1, 0.15) is 12.0 Å². The van der Waals surface area contributed by atoms with Crippen LogP contribution in [0.5, 0.6) is 5.75 Å². The minimum Gasteiger partial charge on any atom is -0.451 e. The number of para-hydroxylation sites is 1. The van der Waals surface area contributed by atoms with E-state index in [1.807, 2.05) is 0 Å². The fraction of sp³-hybridized carbons (Fsp3) is 0.333. The Morgan fingerprint density at radius 3 is 2.87 bits per heavy atom. The molecule has 5 nitrogen and oxygen atoms in total. The number of nitrogens with one attached hydrogen (secondary N) is 1. The van der Waals surface area contributed by atoms with Crippen molar-refractivity contribution >= 4 is 5.91 Å². The molecular formula is C15H13F3N2O3. The molecule has 2 atom stereocenters. The zero-order chi connectivity index (χ0) is 16.4. The molecule has 0 aliphatic heterocycles. The Labute approximate surface area is 129 Å². The van der Waals surface area contributed by atoms with E-state index < -0.39 is 6.36 Å². The molecule has 122 valence electrons. The van der Waals surface area contributed by atoms with E-state index in [-0.39, 0.29) is 30.0 Å². The van der Waals surface area contributed by atoms with Gasteiger partial charge < -0.3 is 14.5 Å². The highest BCUT2D eigenvalue weighted by molar-refractivity contribution is 5.83. The van der Waals surface area contributed by atoms with Gasteiger partial charge in [-0.1, -0.05) is 18.2 Å². The normalized spacial score (nSPS) is 20.1. The number of carbonyl (C=O) groups is 1. The lowest BCUT2D eigenvalue weighted by Gasteiger charge is -2.13. The first-order chi connectivity index (χ1) is 10.9. The Kier molecular flexibility index (Phi) is 3.97. The van der Waals surface area contributed by atoms with Crippen LogP contribution >= 0.6 is 0 Å². The fourth-order valence-corrected chi connectivity index (χ4v) is 2.47. The van der Waals surface area contributed by atoms with Crippen molar-refractivity contribution in [3.63, 3.8) is 0 Å². The van der Waals surface area contributed by atoms with Crippen molar-refractivity contribution in [2.75, 3.05) is 0 Å². The van der Waals surface area contributed by atoms with Gasteiger partial charge in [-0.05, 0) is 24.0 Å². The number of rotatable bonds is 5. The molecule has 0 bridgehead atoms. The van der Waals surface area contributed by atoms with E-state index in [0.717, 1.165) is 0 Å². The molecule has 0 unspecified atom stereocenters. The van der Waals surface area contributed by atoms with Crippen LogP contribution in [0.25, 0.3) is 0 Å². The number of hydrogen-bond acceptors (Lipinski definition) is 4. The van der Waals surface area contributed by atoms with Crippen molar-refractivity contribution in [3.8, 4) is 5.75 Å². The predicted octanol–water partition coefficient (Wildman–Crippen LogP) is 2.99. The molecule has 0 saturated heterocycles. The van der Waals surface area contributed by atoms with Crippen molar-refractivity contribution in [2.45, 2.75) is 25.2 Å². The van der Waals surface area contributed by atoms with Crippen LogP contribution < -0.4 is 10.1 Å². The second-order valence-electron chi connectivity index (χ2n) is 5.23.